The Hall–Kier alpha value is -2.70. The average Bonchev–Trinajstić information content (AvgIpc) is 2.72. The van der Waals surface area contributed by atoms with Gasteiger partial charge in [-0.25, -0.2) is 8.42 Å². The third kappa shape index (κ3) is 5.43. The fourth-order valence-electron chi connectivity index (χ4n) is 3.13. The van der Waals surface area contributed by atoms with Gasteiger partial charge >= 0.3 is 0 Å². The van der Waals surface area contributed by atoms with Crippen molar-refractivity contribution >= 4 is 26.7 Å². The van der Waals surface area contributed by atoms with E-state index in [-0.39, 0.29) is 17.3 Å². The second-order valence-corrected chi connectivity index (χ2v) is 9.25. The number of rotatable bonds is 8. The standard InChI is InChI=1S/C23H26N2O3S/c1-18-9-11-19(12-10-18)6-5-15-24-23(26)17-25(2)29(27,28)22-14-13-20-7-3-4-8-21(20)16-22/h3-4,7-14,16H,5-6,15,17H2,1-2H3,(H,24,26). The maximum Gasteiger partial charge on any atom is 0.243 e. The van der Waals surface area contributed by atoms with Crippen LogP contribution in [0.4, 0.5) is 0 Å². The largest absolute Gasteiger partial charge is 0.355 e. The minimum atomic E-state index is -3.73. The van der Waals surface area contributed by atoms with Gasteiger partial charge in [0.2, 0.25) is 15.9 Å². The molecule has 1 N–H and O–H groups in total. The quantitative estimate of drug-likeness (QED) is 0.578. The molecule has 0 aliphatic rings. The fourth-order valence-corrected chi connectivity index (χ4v) is 4.29. The van der Waals surface area contributed by atoms with Crippen molar-refractivity contribution in [1.29, 1.82) is 0 Å². The molecular formula is C23H26N2O3S. The number of hydrogen-bond donors (Lipinski definition) is 1. The van der Waals surface area contributed by atoms with Crippen molar-refractivity contribution in [2.24, 2.45) is 0 Å². The van der Waals surface area contributed by atoms with Crippen LogP contribution in [0.1, 0.15) is 17.5 Å². The van der Waals surface area contributed by atoms with Gasteiger partial charge in [-0.15, -0.1) is 0 Å². The lowest BCUT2D eigenvalue weighted by molar-refractivity contribution is -0.121. The highest BCUT2D eigenvalue weighted by Gasteiger charge is 2.23. The SMILES string of the molecule is Cc1ccc(CCCNC(=O)CN(C)S(=O)(=O)c2ccc3ccccc3c2)cc1. The van der Waals surface area contributed by atoms with Crippen LogP contribution >= 0.6 is 0 Å². The topological polar surface area (TPSA) is 66.5 Å². The Balaban J connectivity index is 1.52. The van der Waals surface area contributed by atoms with Crippen molar-refractivity contribution in [3.63, 3.8) is 0 Å². The monoisotopic (exact) mass is 410 g/mol. The van der Waals surface area contributed by atoms with Gasteiger partial charge in [-0.1, -0.05) is 60.2 Å². The van der Waals surface area contributed by atoms with E-state index in [9.17, 15) is 13.2 Å². The second-order valence-electron chi connectivity index (χ2n) is 7.21. The zero-order valence-corrected chi connectivity index (χ0v) is 17.6. The number of amides is 1. The van der Waals surface area contributed by atoms with E-state index >= 15 is 0 Å². The van der Waals surface area contributed by atoms with Crippen LogP contribution in [-0.4, -0.2) is 38.8 Å². The van der Waals surface area contributed by atoms with Gasteiger partial charge in [-0.2, -0.15) is 4.31 Å². The molecule has 3 aromatic carbocycles. The van der Waals surface area contributed by atoms with Crippen LogP contribution in [-0.2, 0) is 21.2 Å². The summed E-state index contributed by atoms with van der Waals surface area (Å²) in [5.41, 5.74) is 2.44. The zero-order chi connectivity index (χ0) is 20.9. The van der Waals surface area contributed by atoms with E-state index in [0.717, 1.165) is 27.9 Å². The van der Waals surface area contributed by atoms with Gasteiger partial charge in [-0.3, -0.25) is 4.79 Å². The third-order valence-electron chi connectivity index (χ3n) is 4.88. The molecule has 5 nitrogen and oxygen atoms in total. The van der Waals surface area contributed by atoms with Crippen molar-refractivity contribution in [2.45, 2.75) is 24.7 Å². The summed E-state index contributed by atoms with van der Waals surface area (Å²) >= 11 is 0. The van der Waals surface area contributed by atoms with E-state index in [1.54, 1.807) is 18.2 Å². The van der Waals surface area contributed by atoms with Crippen molar-refractivity contribution < 1.29 is 13.2 Å². The van der Waals surface area contributed by atoms with E-state index in [1.165, 1.54) is 18.2 Å². The highest BCUT2D eigenvalue weighted by Crippen LogP contribution is 2.21. The molecule has 0 heterocycles. The predicted molar refractivity (Wildman–Crippen MR) is 116 cm³/mol. The summed E-state index contributed by atoms with van der Waals surface area (Å²) in [6.07, 6.45) is 1.67. The molecule has 0 saturated carbocycles. The van der Waals surface area contributed by atoms with Gasteiger partial charge in [0, 0.05) is 13.6 Å². The van der Waals surface area contributed by atoms with Crippen molar-refractivity contribution in [1.82, 2.24) is 9.62 Å². The number of carbonyl (C=O) groups is 1. The van der Waals surface area contributed by atoms with E-state index in [4.69, 9.17) is 0 Å². The van der Waals surface area contributed by atoms with Crippen LogP contribution in [0.15, 0.2) is 71.6 Å². The molecule has 0 saturated heterocycles. The summed E-state index contributed by atoms with van der Waals surface area (Å²) in [6, 6.07) is 20.9. The number of sulfonamides is 1. The van der Waals surface area contributed by atoms with Crippen LogP contribution in [0, 0.1) is 6.92 Å². The summed E-state index contributed by atoms with van der Waals surface area (Å²) in [4.78, 5) is 12.4. The summed E-state index contributed by atoms with van der Waals surface area (Å²) in [6.45, 7) is 2.35. The van der Waals surface area contributed by atoms with Crippen LogP contribution in [0.5, 0.6) is 0 Å². The number of benzene rings is 3. The molecule has 152 valence electrons. The van der Waals surface area contributed by atoms with Crippen LogP contribution < -0.4 is 5.32 Å². The Labute approximate surface area is 172 Å². The van der Waals surface area contributed by atoms with E-state index in [2.05, 4.69) is 29.6 Å². The fraction of sp³-hybridized carbons (Fsp3) is 0.261. The molecule has 0 aromatic heterocycles. The molecule has 0 radical (unpaired) electrons. The normalized spacial score (nSPS) is 11.7. The lowest BCUT2D eigenvalue weighted by Crippen LogP contribution is -2.38. The molecule has 1 amide bonds. The van der Waals surface area contributed by atoms with E-state index in [1.807, 2.05) is 31.2 Å². The van der Waals surface area contributed by atoms with Gasteiger partial charge < -0.3 is 5.32 Å². The second kappa shape index (κ2) is 9.20. The number of carbonyl (C=O) groups excluding carboxylic acids is 1. The zero-order valence-electron chi connectivity index (χ0n) is 16.8. The Bertz CT molecular complexity index is 1090. The first kappa shape index (κ1) is 21.0. The molecule has 0 spiro atoms. The number of fused-ring (bicyclic) bond motifs is 1. The first-order valence-electron chi connectivity index (χ1n) is 9.64. The number of nitrogens with one attached hydrogen (secondary N) is 1. The van der Waals surface area contributed by atoms with Crippen LogP contribution in [0.25, 0.3) is 10.8 Å². The number of likely N-dealkylation sites (N-methyl/N-ethyl adjacent to an activating group) is 1. The Kier molecular flexibility index (Phi) is 6.67. The molecule has 0 aliphatic carbocycles. The molecule has 3 aromatic rings. The molecule has 0 atom stereocenters. The highest BCUT2D eigenvalue weighted by molar-refractivity contribution is 7.89. The maximum absolute atomic E-state index is 12.8. The molecule has 0 unspecified atom stereocenters. The van der Waals surface area contributed by atoms with Crippen molar-refractivity contribution in [3.05, 3.63) is 77.9 Å². The maximum atomic E-state index is 12.8. The lowest BCUT2D eigenvalue weighted by Gasteiger charge is -2.17. The molecule has 6 heteroatoms. The van der Waals surface area contributed by atoms with Crippen molar-refractivity contribution in [2.75, 3.05) is 20.1 Å². The minimum absolute atomic E-state index is 0.186. The number of aryl methyl sites for hydroxylation is 2. The molecule has 0 aliphatic heterocycles. The van der Waals surface area contributed by atoms with Crippen LogP contribution in [0.2, 0.25) is 0 Å². The average molecular weight is 411 g/mol. The lowest BCUT2D eigenvalue weighted by atomic mass is 10.1. The molecule has 29 heavy (non-hydrogen) atoms. The number of nitrogens with zero attached hydrogens (tertiary/aromatic N) is 1. The first-order chi connectivity index (χ1) is 13.9. The first-order valence-corrected chi connectivity index (χ1v) is 11.1. The Morgan fingerprint density at radius 1 is 0.966 bits per heavy atom. The summed E-state index contributed by atoms with van der Waals surface area (Å²) in [5, 5.41) is 4.63. The molecule has 3 rings (SSSR count). The third-order valence-corrected chi connectivity index (χ3v) is 6.68. The highest BCUT2D eigenvalue weighted by atomic mass is 32.2. The van der Waals surface area contributed by atoms with Gasteiger partial charge in [0.05, 0.1) is 11.4 Å². The van der Waals surface area contributed by atoms with Crippen molar-refractivity contribution in [3.8, 4) is 0 Å². The Morgan fingerprint density at radius 3 is 2.38 bits per heavy atom. The molecule has 0 bridgehead atoms. The van der Waals surface area contributed by atoms with E-state index < -0.39 is 10.0 Å². The predicted octanol–water partition coefficient (Wildman–Crippen LogP) is 3.52. The van der Waals surface area contributed by atoms with Crippen LogP contribution in [0.3, 0.4) is 0 Å². The van der Waals surface area contributed by atoms with Gasteiger partial charge in [0.15, 0.2) is 0 Å². The minimum Gasteiger partial charge on any atom is -0.355 e. The summed E-state index contributed by atoms with van der Waals surface area (Å²) in [7, 11) is -2.30. The van der Waals surface area contributed by atoms with Gasteiger partial charge in [-0.05, 0) is 48.2 Å². The van der Waals surface area contributed by atoms with Gasteiger partial charge in [0.1, 0.15) is 0 Å². The van der Waals surface area contributed by atoms with Gasteiger partial charge in [0.25, 0.3) is 0 Å². The summed E-state index contributed by atoms with van der Waals surface area (Å²) < 4.78 is 26.7. The summed E-state index contributed by atoms with van der Waals surface area (Å²) in [5.74, 6) is -0.305. The Morgan fingerprint density at radius 2 is 1.66 bits per heavy atom. The molecule has 0 fully saturated rings. The number of hydrogen-bond acceptors (Lipinski definition) is 3. The smallest absolute Gasteiger partial charge is 0.243 e. The van der Waals surface area contributed by atoms with E-state index in [0.29, 0.717) is 6.54 Å². The molecular weight excluding hydrogens is 384 g/mol.